The molecule has 0 aromatic heterocycles. The lowest BCUT2D eigenvalue weighted by molar-refractivity contribution is -0.149. The third kappa shape index (κ3) is 4.02. The highest BCUT2D eigenvalue weighted by Gasteiger charge is 2.37. The molecule has 0 N–H and O–H groups in total. The van der Waals surface area contributed by atoms with Crippen molar-refractivity contribution in [3.8, 4) is 0 Å². The summed E-state index contributed by atoms with van der Waals surface area (Å²) in [6.45, 7) is 4.13. The molecule has 1 aromatic rings. The van der Waals surface area contributed by atoms with E-state index in [0.29, 0.717) is 24.3 Å². The fourth-order valence-corrected chi connectivity index (χ4v) is 3.29. The van der Waals surface area contributed by atoms with Gasteiger partial charge in [-0.05, 0) is 31.9 Å². The molecule has 3 amide bonds. The first-order valence-electron chi connectivity index (χ1n) is 9.35. The van der Waals surface area contributed by atoms with Gasteiger partial charge in [0.2, 0.25) is 5.91 Å². The first-order valence-corrected chi connectivity index (χ1v) is 9.35. The Kier molecular flexibility index (Phi) is 5.58. The van der Waals surface area contributed by atoms with Crippen molar-refractivity contribution in [1.29, 1.82) is 0 Å². The third-order valence-corrected chi connectivity index (χ3v) is 4.89. The van der Waals surface area contributed by atoms with E-state index in [1.165, 1.54) is 0 Å². The number of esters is 1. The summed E-state index contributed by atoms with van der Waals surface area (Å²) in [7, 11) is 0. The Labute approximate surface area is 158 Å². The second-order valence-corrected chi connectivity index (χ2v) is 6.99. The summed E-state index contributed by atoms with van der Waals surface area (Å²) in [5.41, 5.74) is 0.759. The van der Waals surface area contributed by atoms with E-state index in [-0.39, 0.29) is 42.7 Å². The standard InChI is InChI=1S/C20H24N2O5/c1-3-27-20(26)13(2)12-22(14-8-9-14)17(23)10-11-21-18(24)15-6-4-5-7-16(15)19(21)25/h4-7,13-14H,3,8-12H2,1-2H3. The number of hydrogen-bond acceptors (Lipinski definition) is 5. The smallest absolute Gasteiger partial charge is 0.310 e. The Balaban J connectivity index is 1.60. The first-order chi connectivity index (χ1) is 12.9. The number of amides is 3. The van der Waals surface area contributed by atoms with Gasteiger partial charge >= 0.3 is 5.97 Å². The number of rotatable bonds is 8. The highest BCUT2D eigenvalue weighted by molar-refractivity contribution is 6.21. The van der Waals surface area contributed by atoms with Crippen LogP contribution in [0.1, 0.15) is 53.8 Å². The van der Waals surface area contributed by atoms with E-state index < -0.39 is 5.92 Å². The van der Waals surface area contributed by atoms with E-state index in [1.807, 2.05) is 0 Å². The van der Waals surface area contributed by atoms with Crippen LogP contribution in [-0.4, -0.2) is 59.2 Å². The van der Waals surface area contributed by atoms with Crippen LogP contribution in [0, 0.1) is 5.92 Å². The van der Waals surface area contributed by atoms with Crippen LogP contribution in [0.3, 0.4) is 0 Å². The molecule has 3 rings (SSSR count). The van der Waals surface area contributed by atoms with Gasteiger partial charge < -0.3 is 9.64 Å². The van der Waals surface area contributed by atoms with E-state index in [1.54, 1.807) is 43.0 Å². The molecule has 1 fully saturated rings. The lowest BCUT2D eigenvalue weighted by Crippen LogP contribution is -2.41. The molecule has 1 aliphatic carbocycles. The topological polar surface area (TPSA) is 84.0 Å². The van der Waals surface area contributed by atoms with Crippen molar-refractivity contribution in [2.24, 2.45) is 5.92 Å². The van der Waals surface area contributed by atoms with Crippen molar-refractivity contribution in [2.45, 2.75) is 39.2 Å². The second-order valence-electron chi connectivity index (χ2n) is 6.99. The van der Waals surface area contributed by atoms with Crippen molar-refractivity contribution in [3.63, 3.8) is 0 Å². The van der Waals surface area contributed by atoms with Crippen molar-refractivity contribution in [2.75, 3.05) is 19.7 Å². The number of imide groups is 1. The van der Waals surface area contributed by atoms with Gasteiger partial charge in [-0.3, -0.25) is 24.1 Å². The Hall–Kier alpha value is -2.70. The molecule has 1 aromatic carbocycles. The molecule has 1 heterocycles. The average molecular weight is 372 g/mol. The quantitative estimate of drug-likeness (QED) is 0.514. The molecular formula is C20H24N2O5. The molecule has 144 valence electrons. The minimum absolute atomic E-state index is 0.0438. The van der Waals surface area contributed by atoms with E-state index in [0.717, 1.165) is 17.7 Å². The molecule has 0 radical (unpaired) electrons. The van der Waals surface area contributed by atoms with Crippen LogP contribution in [0.4, 0.5) is 0 Å². The lowest BCUT2D eigenvalue weighted by atomic mass is 10.1. The molecule has 27 heavy (non-hydrogen) atoms. The molecule has 0 bridgehead atoms. The molecule has 0 spiro atoms. The van der Waals surface area contributed by atoms with Gasteiger partial charge in [0.25, 0.3) is 11.8 Å². The Morgan fingerprint density at radius 3 is 2.30 bits per heavy atom. The van der Waals surface area contributed by atoms with E-state index in [9.17, 15) is 19.2 Å². The summed E-state index contributed by atoms with van der Waals surface area (Å²) in [5, 5.41) is 0. The van der Waals surface area contributed by atoms with Gasteiger partial charge in [0, 0.05) is 25.6 Å². The Bertz CT molecular complexity index is 736. The summed E-state index contributed by atoms with van der Waals surface area (Å²) in [6.07, 6.45) is 1.88. The van der Waals surface area contributed by atoms with Crippen LogP contribution < -0.4 is 0 Å². The highest BCUT2D eigenvalue weighted by Crippen LogP contribution is 2.29. The summed E-state index contributed by atoms with van der Waals surface area (Å²) < 4.78 is 5.02. The molecule has 1 saturated carbocycles. The molecule has 1 unspecified atom stereocenters. The van der Waals surface area contributed by atoms with Gasteiger partial charge in [-0.25, -0.2) is 0 Å². The minimum Gasteiger partial charge on any atom is -0.466 e. The van der Waals surface area contributed by atoms with Gasteiger partial charge in [-0.1, -0.05) is 19.1 Å². The third-order valence-electron chi connectivity index (χ3n) is 4.89. The van der Waals surface area contributed by atoms with Gasteiger partial charge in [0.1, 0.15) is 0 Å². The van der Waals surface area contributed by atoms with E-state index >= 15 is 0 Å². The minimum atomic E-state index is -0.409. The predicted molar refractivity (Wildman–Crippen MR) is 97.0 cm³/mol. The molecule has 1 atom stereocenters. The predicted octanol–water partition coefficient (Wildman–Crippen LogP) is 1.86. The first kappa shape index (κ1) is 19.1. The van der Waals surface area contributed by atoms with Crippen LogP contribution in [0.25, 0.3) is 0 Å². The zero-order valence-corrected chi connectivity index (χ0v) is 15.6. The largest absolute Gasteiger partial charge is 0.466 e. The van der Waals surface area contributed by atoms with Gasteiger partial charge in [-0.2, -0.15) is 0 Å². The number of nitrogens with zero attached hydrogens (tertiary/aromatic N) is 2. The lowest BCUT2D eigenvalue weighted by Gasteiger charge is -2.26. The summed E-state index contributed by atoms with van der Waals surface area (Å²) in [6, 6.07) is 6.80. The van der Waals surface area contributed by atoms with Gasteiger partial charge in [0.05, 0.1) is 23.7 Å². The number of fused-ring (bicyclic) bond motifs is 1. The van der Waals surface area contributed by atoms with E-state index in [2.05, 4.69) is 0 Å². The zero-order valence-electron chi connectivity index (χ0n) is 15.6. The average Bonchev–Trinajstić information content (AvgIpc) is 3.47. The molecule has 1 aliphatic heterocycles. The van der Waals surface area contributed by atoms with E-state index in [4.69, 9.17) is 4.74 Å². The maximum absolute atomic E-state index is 12.7. The number of hydrogen-bond donors (Lipinski definition) is 0. The normalized spacial score (nSPS) is 16.9. The van der Waals surface area contributed by atoms with Crippen LogP contribution in [0.15, 0.2) is 24.3 Å². The fraction of sp³-hybridized carbons (Fsp3) is 0.500. The Morgan fingerprint density at radius 1 is 1.19 bits per heavy atom. The van der Waals surface area contributed by atoms with Crippen molar-refractivity contribution in [3.05, 3.63) is 35.4 Å². The molecule has 0 saturated heterocycles. The number of benzene rings is 1. The van der Waals surface area contributed by atoms with Crippen molar-refractivity contribution < 1.29 is 23.9 Å². The second kappa shape index (κ2) is 7.90. The summed E-state index contributed by atoms with van der Waals surface area (Å²) >= 11 is 0. The SMILES string of the molecule is CCOC(=O)C(C)CN(C(=O)CCN1C(=O)c2ccccc2C1=O)C1CC1. The number of carbonyl (C=O) groups excluding carboxylic acids is 4. The number of ether oxygens (including phenoxy) is 1. The van der Waals surface area contributed by atoms with Gasteiger partial charge in [0.15, 0.2) is 0 Å². The van der Waals surface area contributed by atoms with Crippen LogP contribution in [0.5, 0.6) is 0 Å². The summed E-state index contributed by atoms with van der Waals surface area (Å²) in [5.74, 6) is -1.60. The maximum Gasteiger partial charge on any atom is 0.310 e. The van der Waals surface area contributed by atoms with Gasteiger partial charge in [-0.15, -0.1) is 0 Å². The van der Waals surface area contributed by atoms with Crippen LogP contribution in [0.2, 0.25) is 0 Å². The molecule has 7 heteroatoms. The molecule has 2 aliphatic rings. The maximum atomic E-state index is 12.7. The van der Waals surface area contributed by atoms with Crippen molar-refractivity contribution >= 4 is 23.7 Å². The molecule has 7 nitrogen and oxygen atoms in total. The van der Waals surface area contributed by atoms with Crippen LogP contribution in [-0.2, 0) is 14.3 Å². The van der Waals surface area contributed by atoms with Crippen molar-refractivity contribution in [1.82, 2.24) is 9.80 Å². The Morgan fingerprint density at radius 2 is 1.78 bits per heavy atom. The fourth-order valence-electron chi connectivity index (χ4n) is 3.29. The number of carbonyl (C=O) groups is 4. The highest BCUT2D eigenvalue weighted by atomic mass is 16.5. The zero-order chi connectivity index (χ0) is 19.6. The monoisotopic (exact) mass is 372 g/mol. The molecular weight excluding hydrogens is 348 g/mol. The van der Waals surface area contributed by atoms with Crippen LogP contribution >= 0.6 is 0 Å². The summed E-state index contributed by atoms with van der Waals surface area (Å²) in [4.78, 5) is 52.2.